The molecule has 0 aromatic rings. The van der Waals surface area contributed by atoms with Crippen LogP contribution in [-0.4, -0.2) is 19.5 Å². The van der Waals surface area contributed by atoms with Gasteiger partial charge >= 0.3 is 0 Å². The van der Waals surface area contributed by atoms with Gasteiger partial charge in [0.05, 0.1) is 0 Å². The lowest BCUT2D eigenvalue weighted by molar-refractivity contribution is -0.121. The van der Waals surface area contributed by atoms with Crippen LogP contribution in [0.15, 0.2) is 0 Å². The normalized spacial score (nSPS) is 23.5. The fourth-order valence-corrected chi connectivity index (χ4v) is 2.54. The lowest BCUT2D eigenvalue weighted by Gasteiger charge is -2.03. The molecule has 1 fully saturated rings. The van der Waals surface area contributed by atoms with E-state index in [2.05, 4.69) is 27.7 Å². The topological polar surface area (TPSA) is 26.3 Å². The highest BCUT2D eigenvalue weighted by Crippen LogP contribution is 2.68. The van der Waals surface area contributed by atoms with E-state index in [9.17, 15) is 4.79 Å². The second-order valence-electron chi connectivity index (χ2n) is 5.44. The number of rotatable bonds is 5. The third-order valence-corrected chi connectivity index (χ3v) is 4.11. The average Bonchev–Trinajstić information content (AvgIpc) is 2.43. The average molecular weight is 198 g/mol. The highest BCUT2D eigenvalue weighted by molar-refractivity contribution is 5.86. The Morgan fingerprint density at radius 1 is 1.21 bits per heavy atom. The number of carbonyl (C=O) groups excluding carboxylic acids is 1. The molecular weight excluding hydrogens is 176 g/mol. The number of carbonyl (C=O) groups is 1. The van der Waals surface area contributed by atoms with Crippen LogP contribution in [0.25, 0.3) is 0 Å². The molecule has 14 heavy (non-hydrogen) atoms. The van der Waals surface area contributed by atoms with Crippen LogP contribution in [0, 0.1) is 16.7 Å². The predicted molar refractivity (Wildman–Crippen MR) is 57.2 cm³/mol. The first kappa shape index (κ1) is 11.7. The third kappa shape index (κ3) is 1.72. The lowest BCUT2D eigenvalue weighted by Crippen LogP contribution is -2.07. The van der Waals surface area contributed by atoms with E-state index in [1.807, 2.05) is 0 Å². The first-order chi connectivity index (χ1) is 6.35. The maximum absolute atomic E-state index is 11.9. The molecule has 0 radical (unpaired) electrons. The van der Waals surface area contributed by atoms with Crippen LogP contribution in [0.2, 0.25) is 0 Å². The van der Waals surface area contributed by atoms with Crippen molar-refractivity contribution in [3.63, 3.8) is 0 Å². The Bertz CT molecular complexity index is 214. The van der Waals surface area contributed by atoms with Crippen molar-refractivity contribution in [3.8, 4) is 0 Å². The van der Waals surface area contributed by atoms with Crippen LogP contribution in [-0.2, 0) is 9.53 Å². The number of ether oxygens (including phenoxy) is 1. The molecule has 0 N–H and O–H groups in total. The zero-order valence-electron chi connectivity index (χ0n) is 10.0. The standard InChI is InChI=1S/C12H22O2/c1-11(2)10(12(11,3)4)9(13)7-6-8-14-5/h10H,6-8H2,1-5H3. The summed E-state index contributed by atoms with van der Waals surface area (Å²) < 4.78 is 4.94. The number of Topliss-reactive ketones (excluding diaryl/α,β-unsaturated/α-hetero) is 1. The highest BCUT2D eigenvalue weighted by Gasteiger charge is 2.67. The van der Waals surface area contributed by atoms with Gasteiger partial charge in [-0.25, -0.2) is 0 Å². The zero-order valence-corrected chi connectivity index (χ0v) is 10.0. The molecule has 0 aromatic heterocycles. The summed E-state index contributed by atoms with van der Waals surface area (Å²) in [4.78, 5) is 11.9. The van der Waals surface area contributed by atoms with Gasteiger partial charge in [0.25, 0.3) is 0 Å². The Morgan fingerprint density at radius 3 is 2.07 bits per heavy atom. The van der Waals surface area contributed by atoms with Gasteiger partial charge in [-0.05, 0) is 17.3 Å². The van der Waals surface area contributed by atoms with E-state index < -0.39 is 0 Å². The molecule has 1 aliphatic carbocycles. The maximum atomic E-state index is 11.9. The Morgan fingerprint density at radius 2 is 1.71 bits per heavy atom. The molecule has 2 nitrogen and oxygen atoms in total. The molecule has 0 heterocycles. The summed E-state index contributed by atoms with van der Waals surface area (Å²) in [6, 6.07) is 0. The van der Waals surface area contributed by atoms with E-state index in [0.29, 0.717) is 18.8 Å². The minimum Gasteiger partial charge on any atom is -0.385 e. The van der Waals surface area contributed by atoms with E-state index in [4.69, 9.17) is 4.74 Å². The van der Waals surface area contributed by atoms with Gasteiger partial charge in [-0.3, -0.25) is 4.79 Å². The molecule has 2 heteroatoms. The molecule has 1 rings (SSSR count). The summed E-state index contributed by atoms with van der Waals surface area (Å²) >= 11 is 0. The van der Waals surface area contributed by atoms with Crippen LogP contribution in [0.4, 0.5) is 0 Å². The molecule has 0 aromatic carbocycles. The summed E-state index contributed by atoms with van der Waals surface area (Å²) in [5.41, 5.74) is 0.383. The molecule has 0 amide bonds. The van der Waals surface area contributed by atoms with Crippen LogP contribution in [0.5, 0.6) is 0 Å². The van der Waals surface area contributed by atoms with Crippen LogP contribution in [0.1, 0.15) is 40.5 Å². The molecular formula is C12H22O2. The van der Waals surface area contributed by atoms with Crippen LogP contribution >= 0.6 is 0 Å². The smallest absolute Gasteiger partial charge is 0.137 e. The quantitative estimate of drug-likeness (QED) is 0.635. The SMILES string of the molecule is COCCCC(=O)C1C(C)(C)C1(C)C. The molecule has 0 aliphatic heterocycles. The van der Waals surface area contributed by atoms with Crippen LogP contribution < -0.4 is 0 Å². The Labute approximate surface area is 87.0 Å². The minimum absolute atomic E-state index is 0.192. The molecule has 0 saturated heterocycles. The maximum Gasteiger partial charge on any atom is 0.137 e. The van der Waals surface area contributed by atoms with E-state index in [0.717, 1.165) is 6.42 Å². The molecule has 1 aliphatic rings. The number of hydrogen-bond donors (Lipinski definition) is 0. The molecule has 82 valence electrons. The van der Waals surface area contributed by atoms with Crippen molar-refractivity contribution < 1.29 is 9.53 Å². The first-order valence-corrected chi connectivity index (χ1v) is 5.37. The van der Waals surface area contributed by atoms with Gasteiger partial charge in [0.2, 0.25) is 0 Å². The van der Waals surface area contributed by atoms with Gasteiger partial charge in [0, 0.05) is 26.1 Å². The van der Waals surface area contributed by atoms with Gasteiger partial charge in [0.15, 0.2) is 0 Å². The fourth-order valence-electron chi connectivity index (χ4n) is 2.54. The summed E-state index contributed by atoms with van der Waals surface area (Å²) in [6.45, 7) is 9.44. The van der Waals surface area contributed by atoms with Crippen LogP contribution in [0.3, 0.4) is 0 Å². The minimum atomic E-state index is 0.192. The summed E-state index contributed by atoms with van der Waals surface area (Å²) in [5.74, 6) is 0.670. The van der Waals surface area contributed by atoms with Crippen molar-refractivity contribution in [1.82, 2.24) is 0 Å². The summed E-state index contributed by atoms with van der Waals surface area (Å²) in [7, 11) is 1.68. The van der Waals surface area contributed by atoms with E-state index in [1.54, 1.807) is 7.11 Å². The van der Waals surface area contributed by atoms with Gasteiger partial charge in [-0.1, -0.05) is 27.7 Å². The second kappa shape index (κ2) is 3.65. The predicted octanol–water partition coefficient (Wildman–Crippen LogP) is 2.66. The first-order valence-electron chi connectivity index (χ1n) is 5.37. The number of hydrogen-bond acceptors (Lipinski definition) is 2. The monoisotopic (exact) mass is 198 g/mol. The molecule has 0 bridgehead atoms. The zero-order chi connectivity index (χ0) is 11.0. The highest BCUT2D eigenvalue weighted by atomic mass is 16.5. The lowest BCUT2D eigenvalue weighted by atomic mass is 10.0. The largest absolute Gasteiger partial charge is 0.385 e. The van der Waals surface area contributed by atoms with Gasteiger partial charge in [0.1, 0.15) is 5.78 Å². The second-order valence-corrected chi connectivity index (χ2v) is 5.44. The summed E-state index contributed by atoms with van der Waals surface area (Å²) in [5, 5.41) is 0. The molecule has 1 saturated carbocycles. The summed E-state index contributed by atoms with van der Waals surface area (Å²) in [6.07, 6.45) is 1.53. The number of methoxy groups -OCH3 is 1. The van der Waals surface area contributed by atoms with E-state index in [-0.39, 0.29) is 16.7 Å². The van der Waals surface area contributed by atoms with Gasteiger partial charge in [-0.2, -0.15) is 0 Å². The van der Waals surface area contributed by atoms with Crippen molar-refractivity contribution in [2.24, 2.45) is 16.7 Å². The van der Waals surface area contributed by atoms with Crippen molar-refractivity contribution >= 4 is 5.78 Å². The van der Waals surface area contributed by atoms with Crippen molar-refractivity contribution in [2.75, 3.05) is 13.7 Å². The van der Waals surface area contributed by atoms with E-state index in [1.165, 1.54) is 0 Å². The Balaban J connectivity index is 2.42. The fraction of sp³-hybridized carbons (Fsp3) is 0.917. The Hall–Kier alpha value is -0.370. The van der Waals surface area contributed by atoms with Crippen molar-refractivity contribution in [3.05, 3.63) is 0 Å². The third-order valence-electron chi connectivity index (χ3n) is 4.11. The number of ketones is 1. The van der Waals surface area contributed by atoms with Crippen molar-refractivity contribution in [2.45, 2.75) is 40.5 Å². The van der Waals surface area contributed by atoms with Crippen molar-refractivity contribution in [1.29, 1.82) is 0 Å². The molecule has 0 atom stereocenters. The Kier molecular flexibility index (Phi) is 3.05. The van der Waals surface area contributed by atoms with Gasteiger partial charge < -0.3 is 4.74 Å². The van der Waals surface area contributed by atoms with E-state index >= 15 is 0 Å². The molecule has 0 unspecified atom stereocenters. The van der Waals surface area contributed by atoms with Gasteiger partial charge in [-0.15, -0.1) is 0 Å². The molecule has 0 spiro atoms.